The van der Waals surface area contributed by atoms with Gasteiger partial charge in [0.1, 0.15) is 0 Å². The van der Waals surface area contributed by atoms with E-state index in [1.165, 1.54) is 0 Å². The van der Waals surface area contributed by atoms with E-state index in [1.54, 1.807) is 0 Å². The van der Waals surface area contributed by atoms with Crippen molar-refractivity contribution in [2.24, 2.45) is 0 Å². The van der Waals surface area contributed by atoms with Crippen molar-refractivity contribution in [2.75, 3.05) is 10.5 Å². The van der Waals surface area contributed by atoms with Gasteiger partial charge in [-0.1, -0.05) is 45.9 Å². The number of rotatable bonds is 4. The highest BCUT2D eigenvalue weighted by Gasteiger charge is 2.19. The van der Waals surface area contributed by atoms with Crippen LogP contribution in [0.5, 0.6) is 0 Å². The maximum Gasteiger partial charge on any atom is 0.232 e. The van der Waals surface area contributed by atoms with Crippen molar-refractivity contribution in [3.05, 3.63) is 29.8 Å². The summed E-state index contributed by atoms with van der Waals surface area (Å²) in [6.45, 7) is 8.06. The molecule has 0 heterocycles. The van der Waals surface area contributed by atoms with Crippen LogP contribution in [-0.4, -0.2) is 14.2 Å². The number of anilines is 1. The van der Waals surface area contributed by atoms with E-state index in [2.05, 4.69) is 25.5 Å². The van der Waals surface area contributed by atoms with Gasteiger partial charge in [0.15, 0.2) is 0 Å². The number of sulfonamides is 1. The molecule has 96 valence electrons. The lowest BCUT2D eigenvalue weighted by Gasteiger charge is -2.23. The van der Waals surface area contributed by atoms with Gasteiger partial charge in [0, 0.05) is 0 Å². The Morgan fingerprint density at radius 1 is 1.18 bits per heavy atom. The minimum absolute atomic E-state index is 0.0780. The lowest BCUT2D eigenvalue weighted by Crippen LogP contribution is -2.20. The summed E-state index contributed by atoms with van der Waals surface area (Å²) in [6.07, 6.45) is 0.618. The summed E-state index contributed by atoms with van der Waals surface area (Å²) in [5, 5.41) is 0. The molecule has 0 unspecified atom stereocenters. The molecule has 0 aliphatic carbocycles. The van der Waals surface area contributed by atoms with Crippen LogP contribution in [0.4, 0.5) is 5.69 Å². The third kappa shape index (κ3) is 4.04. The van der Waals surface area contributed by atoms with Crippen LogP contribution in [0.25, 0.3) is 0 Å². The molecular weight excluding hydrogens is 234 g/mol. The highest BCUT2D eigenvalue weighted by molar-refractivity contribution is 7.92. The first-order valence-corrected chi connectivity index (χ1v) is 7.51. The molecule has 3 nitrogen and oxygen atoms in total. The third-order valence-corrected chi connectivity index (χ3v) is 3.95. The molecule has 1 N–H and O–H groups in total. The monoisotopic (exact) mass is 255 g/mol. The van der Waals surface area contributed by atoms with E-state index in [0.29, 0.717) is 12.1 Å². The first-order chi connectivity index (χ1) is 7.76. The second-order valence-electron chi connectivity index (χ2n) is 5.22. The molecule has 0 saturated carbocycles. The summed E-state index contributed by atoms with van der Waals surface area (Å²) in [7, 11) is -3.22. The van der Waals surface area contributed by atoms with Crippen LogP contribution in [0.1, 0.15) is 39.7 Å². The van der Waals surface area contributed by atoms with Crippen molar-refractivity contribution in [1.82, 2.24) is 0 Å². The SMILES string of the molecule is CCCS(=O)(=O)Nc1ccccc1C(C)(C)C. The van der Waals surface area contributed by atoms with Crippen molar-refractivity contribution in [3.8, 4) is 0 Å². The Morgan fingerprint density at radius 3 is 2.29 bits per heavy atom. The lowest BCUT2D eigenvalue weighted by atomic mass is 9.86. The van der Waals surface area contributed by atoms with Gasteiger partial charge in [-0.2, -0.15) is 0 Å². The molecule has 17 heavy (non-hydrogen) atoms. The Bertz CT molecular complexity index is 472. The van der Waals surface area contributed by atoms with Gasteiger partial charge < -0.3 is 0 Å². The summed E-state index contributed by atoms with van der Waals surface area (Å²) in [5.41, 5.74) is 1.62. The molecule has 0 aliphatic heterocycles. The zero-order valence-corrected chi connectivity index (χ0v) is 11.8. The zero-order chi connectivity index (χ0) is 13.1. The highest BCUT2D eigenvalue weighted by atomic mass is 32.2. The number of hydrogen-bond donors (Lipinski definition) is 1. The van der Waals surface area contributed by atoms with E-state index in [-0.39, 0.29) is 11.2 Å². The summed E-state index contributed by atoms with van der Waals surface area (Å²) in [6, 6.07) is 7.55. The van der Waals surface area contributed by atoms with E-state index < -0.39 is 10.0 Å². The molecule has 0 bridgehead atoms. The van der Waals surface area contributed by atoms with Crippen molar-refractivity contribution >= 4 is 15.7 Å². The van der Waals surface area contributed by atoms with Gasteiger partial charge in [0.2, 0.25) is 10.0 Å². The predicted octanol–water partition coefficient (Wildman–Crippen LogP) is 3.14. The van der Waals surface area contributed by atoms with Gasteiger partial charge in [-0.3, -0.25) is 4.72 Å². The first kappa shape index (κ1) is 14.0. The fourth-order valence-electron chi connectivity index (χ4n) is 1.71. The predicted molar refractivity (Wildman–Crippen MR) is 72.8 cm³/mol. The molecule has 0 radical (unpaired) electrons. The first-order valence-electron chi connectivity index (χ1n) is 5.86. The molecule has 0 amide bonds. The van der Waals surface area contributed by atoms with Gasteiger partial charge in [0.25, 0.3) is 0 Å². The molecule has 0 aliphatic rings. The molecule has 4 heteroatoms. The Balaban J connectivity index is 3.08. The maximum atomic E-state index is 11.8. The topological polar surface area (TPSA) is 46.2 Å². The minimum Gasteiger partial charge on any atom is -0.283 e. The van der Waals surface area contributed by atoms with E-state index in [9.17, 15) is 8.42 Å². The van der Waals surface area contributed by atoms with Gasteiger partial charge in [-0.05, 0) is 23.5 Å². The molecule has 0 atom stereocenters. The average molecular weight is 255 g/mol. The Kier molecular flexibility index (Phi) is 4.20. The Morgan fingerprint density at radius 2 is 1.76 bits per heavy atom. The van der Waals surface area contributed by atoms with Crippen molar-refractivity contribution in [1.29, 1.82) is 0 Å². The lowest BCUT2D eigenvalue weighted by molar-refractivity contribution is 0.590. The quantitative estimate of drug-likeness (QED) is 0.898. The number of para-hydroxylation sites is 1. The average Bonchev–Trinajstić information content (AvgIpc) is 2.15. The molecule has 1 rings (SSSR count). The van der Waals surface area contributed by atoms with E-state index in [4.69, 9.17) is 0 Å². The fraction of sp³-hybridized carbons (Fsp3) is 0.538. The van der Waals surface area contributed by atoms with Crippen molar-refractivity contribution in [3.63, 3.8) is 0 Å². The van der Waals surface area contributed by atoms with Crippen LogP contribution in [0.15, 0.2) is 24.3 Å². The van der Waals surface area contributed by atoms with Crippen LogP contribution in [-0.2, 0) is 15.4 Å². The second kappa shape index (κ2) is 5.08. The van der Waals surface area contributed by atoms with E-state index in [0.717, 1.165) is 5.56 Å². The van der Waals surface area contributed by atoms with E-state index >= 15 is 0 Å². The Hall–Kier alpha value is -1.03. The van der Waals surface area contributed by atoms with Crippen molar-refractivity contribution < 1.29 is 8.42 Å². The van der Waals surface area contributed by atoms with Gasteiger partial charge in [-0.25, -0.2) is 8.42 Å². The standard InChI is InChI=1S/C13H21NO2S/c1-5-10-17(15,16)14-12-9-7-6-8-11(12)13(2,3)4/h6-9,14H,5,10H2,1-4H3. The highest BCUT2D eigenvalue weighted by Crippen LogP contribution is 2.29. The molecule has 0 fully saturated rings. The summed E-state index contributed by atoms with van der Waals surface area (Å²) < 4.78 is 26.2. The smallest absolute Gasteiger partial charge is 0.232 e. The molecular formula is C13H21NO2S. The zero-order valence-electron chi connectivity index (χ0n) is 10.9. The number of nitrogens with one attached hydrogen (secondary N) is 1. The fourth-order valence-corrected chi connectivity index (χ4v) is 2.87. The molecule has 0 saturated heterocycles. The molecule has 0 spiro atoms. The summed E-state index contributed by atoms with van der Waals surface area (Å²) >= 11 is 0. The van der Waals surface area contributed by atoms with Crippen LogP contribution >= 0.6 is 0 Å². The summed E-state index contributed by atoms with van der Waals surface area (Å²) in [4.78, 5) is 0. The van der Waals surface area contributed by atoms with Crippen LogP contribution in [0.2, 0.25) is 0 Å². The Labute approximate surface area is 104 Å². The van der Waals surface area contributed by atoms with Crippen LogP contribution in [0, 0.1) is 0 Å². The second-order valence-corrected chi connectivity index (χ2v) is 7.06. The third-order valence-electron chi connectivity index (χ3n) is 2.47. The number of benzene rings is 1. The minimum atomic E-state index is -3.22. The summed E-state index contributed by atoms with van der Waals surface area (Å²) in [5.74, 6) is 0.158. The van der Waals surface area contributed by atoms with Gasteiger partial charge >= 0.3 is 0 Å². The maximum absolute atomic E-state index is 11.8. The number of hydrogen-bond acceptors (Lipinski definition) is 2. The molecule has 0 aromatic heterocycles. The van der Waals surface area contributed by atoms with Gasteiger partial charge in [-0.15, -0.1) is 0 Å². The molecule has 1 aromatic carbocycles. The molecule has 1 aromatic rings. The van der Waals surface area contributed by atoms with E-state index in [1.807, 2.05) is 31.2 Å². The normalized spacial score (nSPS) is 12.5. The van der Waals surface area contributed by atoms with Crippen LogP contribution < -0.4 is 4.72 Å². The largest absolute Gasteiger partial charge is 0.283 e. The van der Waals surface area contributed by atoms with Crippen LogP contribution in [0.3, 0.4) is 0 Å². The van der Waals surface area contributed by atoms with Gasteiger partial charge in [0.05, 0.1) is 11.4 Å². The van der Waals surface area contributed by atoms with Crippen molar-refractivity contribution in [2.45, 2.75) is 39.5 Å².